The average molecular weight is 270 g/mol. The maximum Gasteiger partial charge on any atom is 0.187 e. The van der Waals surface area contributed by atoms with Crippen LogP contribution < -0.4 is 10.6 Å². The molecule has 0 saturated heterocycles. The van der Waals surface area contributed by atoms with Crippen molar-refractivity contribution in [2.45, 2.75) is 27.2 Å². The smallest absolute Gasteiger partial charge is 0.187 e. The minimum atomic E-state index is -0.350. The zero-order chi connectivity index (χ0) is 13.7. The molecule has 2 N–H and O–H groups in total. The quantitative estimate of drug-likeness (QED) is 0.800. The van der Waals surface area contributed by atoms with Crippen LogP contribution in [0.3, 0.4) is 0 Å². The average Bonchev–Trinajstić information content (AvgIpc) is 2.36. The Kier molecular flexibility index (Phi) is 5.40. The van der Waals surface area contributed by atoms with Crippen LogP contribution in [0.5, 0.6) is 0 Å². The molecule has 0 radical (unpaired) electrons. The van der Waals surface area contributed by atoms with Crippen LogP contribution in [0, 0.1) is 11.7 Å². The second-order valence-corrected chi connectivity index (χ2v) is 4.62. The molecular formula is C12H19FN4S. The largest absolute Gasteiger partial charge is 0.393 e. The zero-order valence-corrected chi connectivity index (χ0v) is 11.8. The molecule has 0 bridgehead atoms. The van der Waals surface area contributed by atoms with Crippen molar-refractivity contribution in [1.29, 1.82) is 0 Å². The summed E-state index contributed by atoms with van der Waals surface area (Å²) < 4.78 is 14.1. The summed E-state index contributed by atoms with van der Waals surface area (Å²) in [5, 5.41) is 0. The third kappa shape index (κ3) is 3.35. The van der Waals surface area contributed by atoms with Crippen molar-refractivity contribution < 1.29 is 4.39 Å². The van der Waals surface area contributed by atoms with Crippen molar-refractivity contribution >= 4 is 23.0 Å². The van der Waals surface area contributed by atoms with Gasteiger partial charge in [0.15, 0.2) is 11.6 Å². The summed E-state index contributed by atoms with van der Waals surface area (Å²) in [5.41, 5.74) is 6.02. The number of rotatable bonds is 6. The van der Waals surface area contributed by atoms with Crippen LogP contribution in [0.2, 0.25) is 0 Å². The van der Waals surface area contributed by atoms with Crippen LogP contribution in [0.1, 0.15) is 26.5 Å². The first kappa shape index (κ1) is 14.8. The van der Waals surface area contributed by atoms with Crippen LogP contribution in [-0.4, -0.2) is 28.0 Å². The van der Waals surface area contributed by atoms with Gasteiger partial charge in [-0.25, -0.2) is 14.4 Å². The summed E-state index contributed by atoms with van der Waals surface area (Å²) in [6.45, 7) is 6.93. The number of nitrogens with zero attached hydrogens (tertiary/aromatic N) is 3. The Morgan fingerprint density at radius 2 is 2.17 bits per heavy atom. The van der Waals surface area contributed by atoms with E-state index >= 15 is 0 Å². The van der Waals surface area contributed by atoms with Crippen LogP contribution in [0.25, 0.3) is 0 Å². The number of halogens is 1. The SMILES string of the molecule is CCc1ncnc(N(CC)CC(C)C(N)=S)c1F. The molecule has 0 saturated carbocycles. The summed E-state index contributed by atoms with van der Waals surface area (Å²) in [7, 11) is 0. The minimum absolute atomic E-state index is 0.0133. The maximum atomic E-state index is 14.1. The highest BCUT2D eigenvalue weighted by molar-refractivity contribution is 7.80. The molecule has 0 aromatic carbocycles. The van der Waals surface area contributed by atoms with Gasteiger partial charge in [-0.2, -0.15) is 0 Å². The fourth-order valence-electron chi connectivity index (χ4n) is 1.65. The van der Waals surface area contributed by atoms with E-state index < -0.39 is 0 Å². The molecule has 18 heavy (non-hydrogen) atoms. The molecule has 6 heteroatoms. The van der Waals surface area contributed by atoms with E-state index in [-0.39, 0.29) is 11.7 Å². The van der Waals surface area contributed by atoms with Crippen LogP contribution in [-0.2, 0) is 6.42 Å². The molecule has 0 fully saturated rings. The number of thiocarbonyl (C=S) groups is 1. The molecule has 1 heterocycles. The Hall–Kier alpha value is -1.30. The first-order valence-corrected chi connectivity index (χ1v) is 6.45. The predicted octanol–water partition coefficient (Wildman–Crippen LogP) is 1.93. The molecule has 1 aromatic heterocycles. The second-order valence-electron chi connectivity index (χ2n) is 4.15. The normalized spacial score (nSPS) is 12.2. The summed E-state index contributed by atoms with van der Waals surface area (Å²) in [4.78, 5) is 10.2. The standard InChI is InChI=1S/C12H19FN4S/c1-4-9-10(13)12(16-7-15-9)17(5-2)6-8(3)11(14)18/h7-8H,4-6H2,1-3H3,(H2,14,18). The molecule has 100 valence electrons. The monoisotopic (exact) mass is 270 g/mol. The van der Waals surface area contributed by atoms with Crippen molar-refractivity contribution in [1.82, 2.24) is 9.97 Å². The lowest BCUT2D eigenvalue weighted by Crippen LogP contribution is -2.35. The Morgan fingerprint density at radius 1 is 1.50 bits per heavy atom. The molecule has 0 spiro atoms. The lowest BCUT2D eigenvalue weighted by atomic mass is 10.1. The van der Waals surface area contributed by atoms with Gasteiger partial charge in [-0.15, -0.1) is 0 Å². The molecule has 0 aliphatic heterocycles. The highest BCUT2D eigenvalue weighted by Gasteiger charge is 2.18. The third-order valence-corrected chi connectivity index (χ3v) is 3.24. The Morgan fingerprint density at radius 3 is 2.67 bits per heavy atom. The Labute approximate surface area is 112 Å². The highest BCUT2D eigenvalue weighted by Crippen LogP contribution is 2.19. The summed E-state index contributed by atoms with van der Waals surface area (Å²) in [6.07, 6.45) is 1.94. The fourth-order valence-corrected chi connectivity index (χ4v) is 1.72. The predicted molar refractivity (Wildman–Crippen MR) is 75.2 cm³/mol. The summed E-state index contributed by atoms with van der Waals surface area (Å²) in [6, 6.07) is 0. The van der Waals surface area contributed by atoms with Gasteiger partial charge < -0.3 is 10.6 Å². The second kappa shape index (κ2) is 6.58. The van der Waals surface area contributed by atoms with Gasteiger partial charge in [-0.1, -0.05) is 26.1 Å². The molecule has 1 atom stereocenters. The lowest BCUT2D eigenvalue weighted by molar-refractivity contribution is 0.577. The van der Waals surface area contributed by atoms with Gasteiger partial charge in [0, 0.05) is 19.0 Å². The number of aryl methyl sites for hydroxylation is 1. The van der Waals surface area contributed by atoms with Crippen molar-refractivity contribution in [2.24, 2.45) is 11.7 Å². The van der Waals surface area contributed by atoms with Gasteiger partial charge in [0.05, 0.1) is 10.7 Å². The van der Waals surface area contributed by atoms with Crippen LogP contribution >= 0.6 is 12.2 Å². The van der Waals surface area contributed by atoms with E-state index in [0.29, 0.717) is 36.0 Å². The molecule has 1 unspecified atom stereocenters. The number of anilines is 1. The molecule has 0 aliphatic rings. The number of hydrogen-bond acceptors (Lipinski definition) is 4. The van der Waals surface area contributed by atoms with E-state index in [1.807, 2.05) is 25.7 Å². The highest BCUT2D eigenvalue weighted by atomic mass is 32.1. The summed E-state index contributed by atoms with van der Waals surface area (Å²) in [5.74, 6) is -0.0103. The van der Waals surface area contributed by atoms with E-state index in [4.69, 9.17) is 18.0 Å². The molecule has 1 rings (SSSR count). The topological polar surface area (TPSA) is 55.0 Å². The number of nitrogens with two attached hydrogens (primary N) is 1. The van der Waals surface area contributed by atoms with E-state index in [2.05, 4.69) is 9.97 Å². The van der Waals surface area contributed by atoms with Crippen molar-refractivity contribution in [3.8, 4) is 0 Å². The fraction of sp³-hybridized carbons (Fsp3) is 0.583. The van der Waals surface area contributed by atoms with Gasteiger partial charge in [0.2, 0.25) is 0 Å². The van der Waals surface area contributed by atoms with E-state index in [1.165, 1.54) is 6.33 Å². The third-order valence-electron chi connectivity index (χ3n) is 2.84. The molecule has 1 aromatic rings. The summed E-state index contributed by atoms with van der Waals surface area (Å²) >= 11 is 4.94. The Bertz CT molecular complexity index is 425. The van der Waals surface area contributed by atoms with E-state index in [1.54, 1.807) is 0 Å². The van der Waals surface area contributed by atoms with Crippen molar-refractivity contribution in [3.05, 3.63) is 17.8 Å². The lowest BCUT2D eigenvalue weighted by Gasteiger charge is -2.25. The van der Waals surface area contributed by atoms with Crippen LogP contribution in [0.15, 0.2) is 6.33 Å². The first-order chi connectivity index (χ1) is 8.51. The van der Waals surface area contributed by atoms with E-state index in [0.717, 1.165) is 0 Å². The maximum absolute atomic E-state index is 14.1. The minimum Gasteiger partial charge on any atom is -0.393 e. The van der Waals surface area contributed by atoms with Gasteiger partial charge in [0.25, 0.3) is 0 Å². The van der Waals surface area contributed by atoms with Crippen molar-refractivity contribution in [2.75, 3.05) is 18.0 Å². The van der Waals surface area contributed by atoms with Gasteiger partial charge in [-0.05, 0) is 13.3 Å². The zero-order valence-electron chi connectivity index (χ0n) is 11.0. The molecule has 0 aliphatic carbocycles. The molecular weight excluding hydrogens is 251 g/mol. The van der Waals surface area contributed by atoms with Gasteiger partial charge in [-0.3, -0.25) is 0 Å². The molecule has 0 amide bonds. The van der Waals surface area contributed by atoms with Crippen LogP contribution in [0.4, 0.5) is 10.2 Å². The van der Waals surface area contributed by atoms with E-state index in [9.17, 15) is 4.39 Å². The number of hydrogen-bond donors (Lipinski definition) is 1. The van der Waals surface area contributed by atoms with Gasteiger partial charge in [0.1, 0.15) is 6.33 Å². The van der Waals surface area contributed by atoms with Crippen molar-refractivity contribution in [3.63, 3.8) is 0 Å². The molecule has 4 nitrogen and oxygen atoms in total. The number of aromatic nitrogens is 2. The first-order valence-electron chi connectivity index (χ1n) is 6.04. The van der Waals surface area contributed by atoms with Gasteiger partial charge >= 0.3 is 0 Å². The Balaban J connectivity index is 2.98.